The molecule has 0 aliphatic carbocycles. The van der Waals surface area contributed by atoms with E-state index in [0.717, 1.165) is 41.0 Å². The van der Waals surface area contributed by atoms with Crippen molar-refractivity contribution in [2.45, 2.75) is 44.0 Å². The van der Waals surface area contributed by atoms with Gasteiger partial charge >= 0.3 is 0 Å². The number of carbonyl (C=O) groups excluding carboxylic acids is 1. The molecule has 1 aromatic heterocycles. The highest BCUT2D eigenvalue weighted by molar-refractivity contribution is 8.00. The van der Waals surface area contributed by atoms with Crippen molar-refractivity contribution in [3.8, 4) is 0 Å². The molecular weight excluding hydrogens is 356 g/mol. The summed E-state index contributed by atoms with van der Waals surface area (Å²) in [6.07, 6.45) is 1.84. The van der Waals surface area contributed by atoms with E-state index in [4.69, 9.17) is 0 Å². The van der Waals surface area contributed by atoms with Crippen LogP contribution in [-0.2, 0) is 11.2 Å². The first-order valence-electron chi connectivity index (χ1n) is 9.07. The minimum absolute atomic E-state index is 0.0851. The number of aromatic amines is 1. The molecule has 3 rings (SSSR count). The molecule has 1 atom stereocenters. The van der Waals surface area contributed by atoms with E-state index in [-0.39, 0.29) is 5.91 Å². The summed E-state index contributed by atoms with van der Waals surface area (Å²) in [7, 11) is 0. The number of aromatic nitrogens is 3. The smallest absolute Gasteiger partial charge is 0.242 e. The summed E-state index contributed by atoms with van der Waals surface area (Å²) in [5.74, 6) is 0.763. The summed E-state index contributed by atoms with van der Waals surface area (Å²) in [6, 6.07) is 15.8. The zero-order chi connectivity index (χ0) is 19.2. The van der Waals surface area contributed by atoms with E-state index in [2.05, 4.69) is 33.5 Å². The fourth-order valence-corrected chi connectivity index (χ4v) is 3.87. The second-order valence-corrected chi connectivity index (χ2v) is 7.66. The Kier molecular flexibility index (Phi) is 6.29. The molecule has 5 nitrogen and oxygen atoms in total. The predicted molar refractivity (Wildman–Crippen MR) is 110 cm³/mol. The van der Waals surface area contributed by atoms with Gasteiger partial charge < -0.3 is 5.32 Å². The van der Waals surface area contributed by atoms with Crippen LogP contribution in [0.3, 0.4) is 0 Å². The lowest BCUT2D eigenvalue weighted by Gasteiger charge is -2.16. The number of rotatable bonds is 7. The fraction of sp³-hybridized carbons (Fsp3) is 0.286. The van der Waals surface area contributed by atoms with E-state index >= 15 is 0 Å². The summed E-state index contributed by atoms with van der Waals surface area (Å²) in [5.41, 5.74) is 3.96. The van der Waals surface area contributed by atoms with Crippen LogP contribution in [0, 0.1) is 13.8 Å². The highest BCUT2D eigenvalue weighted by Gasteiger charge is 2.24. The Balaban J connectivity index is 1.83. The molecule has 0 saturated carbocycles. The largest absolute Gasteiger partial charge is 0.325 e. The molecule has 0 aliphatic heterocycles. The lowest BCUT2D eigenvalue weighted by atomic mass is 10.1. The van der Waals surface area contributed by atoms with Gasteiger partial charge in [0.2, 0.25) is 11.1 Å². The van der Waals surface area contributed by atoms with Gasteiger partial charge in [0.05, 0.1) is 0 Å². The van der Waals surface area contributed by atoms with Crippen molar-refractivity contribution in [2.24, 2.45) is 0 Å². The topological polar surface area (TPSA) is 70.7 Å². The van der Waals surface area contributed by atoms with Gasteiger partial charge in [0, 0.05) is 12.1 Å². The van der Waals surface area contributed by atoms with Crippen LogP contribution in [0.1, 0.15) is 41.1 Å². The Hall–Kier alpha value is -2.60. The molecule has 2 N–H and O–H groups in total. The standard InChI is InChI=1S/C21H24N4OS/c1-4-8-18-23-21(25-24-18)27-19(16-9-6-5-7-10-16)20(26)22-17-12-14(2)11-15(3)13-17/h5-7,9-13,19H,4,8H2,1-3H3,(H,22,26)(H,23,24,25)/t19-/m0/s1. The number of hydrogen-bond acceptors (Lipinski definition) is 4. The van der Waals surface area contributed by atoms with E-state index in [1.54, 1.807) is 0 Å². The van der Waals surface area contributed by atoms with Gasteiger partial charge in [-0.1, -0.05) is 55.1 Å². The molecule has 3 aromatic rings. The molecule has 2 aromatic carbocycles. The van der Waals surface area contributed by atoms with Crippen LogP contribution in [0.15, 0.2) is 53.7 Å². The molecule has 0 saturated heterocycles. The molecule has 1 heterocycles. The molecule has 0 spiro atoms. The predicted octanol–water partition coefficient (Wildman–Crippen LogP) is 4.85. The number of carbonyl (C=O) groups is 1. The highest BCUT2D eigenvalue weighted by Crippen LogP contribution is 2.34. The number of anilines is 1. The third-order valence-corrected chi connectivity index (χ3v) is 5.17. The number of thioether (sulfide) groups is 1. The van der Waals surface area contributed by atoms with E-state index in [9.17, 15) is 4.79 Å². The number of nitrogens with zero attached hydrogens (tertiary/aromatic N) is 2. The maximum Gasteiger partial charge on any atom is 0.242 e. The summed E-state index contributed by atoms with van der Waals surface area (Å²) in [6.45, 7) is 6.14. The van der Waals surface area contributed by atoms with Gasteiger partial charge in [-0.2, -0.15) is 0 Å². The van der Waals surface area contributed by atoms with Crippen molar-refractivity contribution >= 4 is 23.4 Å². The summed E-state index contributed by atoms with van der Waals surface area (Å²) in [5, 5.41) is 10.4. The van der Waals surface area contributed by atoms with E-state index in [0.29, 0.717) is 5.16 Å². The minimum Gasteiger partial charge on any atom is -0.325 e. The Labute approximate surface area is 164 Å². The van der Waals surface area contributed by atoms with E-state index in [1.165, 1.54) is 11.8 Å². The van der Waals surface area contributed by atoms with Crippen molar-refractivity contribution in [3.63, 3.8) is 0 Å². The van der Waals surface area contributed by atoms with E-state index < -0.39 is 5.25 Å². The average Bonchev–Trinajstić information content (AvgIpc) is 3.07. The monoisotopic (exact) mass is 380 g/mol. The third kappa shape index (κ3) is 5.20. The van der Waals surface area contributed by atoms with Crippen LogP contribution in [0.25, 0.3) is 0 Å². The second kappa shape index (κ2) is 8.86. The van der Waals surface area contributed by atoms with Crippen LogP contribution >= 0.6 is 11.8 Å². The fourth-order valence-electron chi connectivity index (χ4n) is 2.94. The summed E-state index contributed by atoms with van der Waals surface area (Å²) in [4.78, 5) is 17.6. The number of H-pyrrole nitrogens is 1. The quantitative estimate of drug-likeness (QED) is 0.575. The maximum absolute atomic E-state index is 13.1. The maximum atomic E-state index is 13.1. The van der Waals surface area contributed by atoms with Gasteiger partial charge in [0.1, 0.15) is 11.1 Å². The molecule has 27 heavy (non-hydrogen) atoms. The first kappa shape index (κ1) is 19.2. The van der Waals surface area contributed by atoms with Crippen molar-refractivity contribution < 1.29 is 4.79 Å². The minimum atomic E-state index is -0.433. The molecule has 0 bridgehead atoms. The SMILES string of the molecule is CCCc1nc(S[C@H](C(=O)Nc2cc(C)cc(C)c2)c2ccccc2)n[nH]1. The second-order valence-electron chi connectivity index (χ2n) is 6.59. The Morgan fingerprint density at radius 2 is 1.85 bits per heavy atom. The zero-order valence-electron chi connectivity index (χ0n) is 15.8. The Morgan fingerprint density at radius 1 is 1.15 bits per heavy atom. The van der Waals surface area contributed by atoms with Crippen molar-refractivity contribution in [2.75, 3.05) is 5.32 Å². The molecule has 0 radical (unpaired) electrons. The van der Waals surface area contributed by atoms with Gasteiger partial charge in [0.15, 0.2) is 0 Å². The number of hydrogen-bond donors (Lipinski definition) is 2. The van der Waals surface area contributed by atoms with Crippen LogP contribution in [0.5, 0.6) is 0 Å². The summed E-state index contributed by atoms with van der Waals surface area (Å²) < 4.78 is 0. The molecule has 0 aliphatic rings. The van der Waals surface area contributed by atoms with Crippen molar-refractivity contribution in [3.05, 3.63) is 71.0 Å². The third-order valence-electron chi connectivity index (χ3n) is 4.05. The zero-order valence-corrected chi connectivity index (χ0v) is 16.6. The molecule has 140 valence electrons. The number of benzene rings is 2. The lowest BCUT2D eigenvalue weighted by Crippen LogP contribution is -2.19. The van der Waals surface area contributed by atoms with Gasteiger partial charge in [0.25, 0.3) is 0 Å². The molecule has 0 unspecified atom stereocenters. The number of amides is 1. The van der Waals surface area contributed by atoms with Gasteiger partial charge in [-0.05, 0) is 49.1 Å². The first-order chi connectivity index (χ1) is 13.0. The molecular formula is C21H24N4OS. The number of nitrogens with one attached hydrogen (secondary N) is 2. The highest BCUT2D eigenvalue weighted by atomic mass is 32.2. The van der Waals surface area contributed by atoms with E-state index in [1.807, 2.05) is 56.3 Å². The van der Waals surface area contributed by atoms with Gasteiger partial charge in [-0.3, -0.25) is 9.89 Å². The number of aryl methyl sites for hydroxylation is 3. The van der Waals surface area contributed by atoms with Crippen molar-refractivity contribution in [1.82, 2.24) is 15.2 Å². The van der Waals surface area contributed by atoms with Gasteiger partial charge in [-0.15, -0.1) is 5.10 Å². The van der Waals surface area contributed by atoms with Gasteiger partial charge in [-0.25, -0.2) is 4.98 Å². The average molecular weight is 381 g/mol. The van der Waals surface area contributed by atoms with Crippen LogP contribution in [0.2, 0.25) is 0 Å². The van der Waals surface area contributed by atoms with Crippen LogP contribution in [0.4, 0.5) is 5.69 Å². The van der Waals surface area contributed by atoms with Crippen LogP contribution < -0.4 is 5.32 Å². The Morgan fingerprint density at radius 3 is 2.52 bits per heavy atom. The summed E-state index contributed by atoms with van der Waals surface area (Å²) >= 11 is 1.36. The van der Waals surface area contributed by atoms with Crippen LogP contribution in [-0.4, -0.2) is 21.1 Å². The molecule has 1 amide bonds. The normalized spacial score (nSPS) is 12.0. The first-order valence-corrected chi connectivity index (χ1v) is 9.95. The molecule has 6 heteroatoms. The lowest BCUT2D eigenvalue weighted by molar-refractivity contribution is -0.115. The van der Waals surface area contributed by atoms with Crippen molar-refractivity contribution in [1.29, 1.82) is 0 Å². The molecule has 0 fully saturated rings. The Bertz CT molecular complexity index is 887.